The van der Waals surface area contributed by atoms with E-state index in [2.05, 4.69) is 6.07 Å². The van der Waals surface area contributed by atoms with Gasteiger partial charge in [0.25, 0.3) is 0 Å². The Morgan fingerprint density at radius 1 is 1.42 bits per heavy atom. The summed E-state index contributed by atoms with van der Waals surface area (Å²) in [6.07, 6.45) is 4.66. The fraction of sp³-hybridized carbons (Fsp3) is 0.333. The number of nitriles is 1. The molecule has 1 aromatic heterocycles. The quantitative estimate of drug-likeness (QED) is 0.793. The van der Waals surface area contributed by atoms with E-state index in [1.165, 1.54) is 31.6 Å². The minimum Gasteiger partial charge on any atom is -0.468 e. The van der Waals surface area contributed by atoms with Crippen molar-refractivity contribution in [2.24, 2.45) is 11.1 Å². The summed E-state index contributed by atoms with van der Waals surface area (Å²) in [5, 5.41) is 13.6. The van der Waals surface area contributed by atoms with Gasteiger partial charge in [0.1, 0.15) is 6.04 Å². The number of thiophene rings is 1. The number of ketones is 1. The number of amides is 1. The molecule has 3 heterocycles. The maximum absolute atomic E-state index is 12.8. The van der Waals surface area contributed by atoms with Gasteiger partial charge in [-0.05, 0) is 29.3 Å². The number of fused-ring (bicyclic) bond motifs is 1. The molecule has 0 saturated carbocycles. The van der Waals surface area contributed by atoms with Gasteiger partial charge in [0.05, 0.1) is 19.2 Å². The van der Waals surface area contributed by atoms with Crippen LogP contribution in [0.25, 0.3) is 0 Å². The van der Waals surface area contributed by atoms with Crippen LogP contribution in [0.5, 0.6) is 0 Å². The van der Waals surface area contributed by atoms with Crippen LogP contribution in [0, 0.1) is 16.7 Å². The van der Waals surface area contributed by atoms with Crippen LogP contribution >= 0.6 is 11.3 Å². The van der Waals surface area contributed by atoms with Crippen LogP contribution in [0.4, 0.5) is 0 Å². The molecule has 134 valence electrons. The first kappa shape index (κ1) is 17.9. The Bertz CT molecular complexity index is 867. The van der Waals surface area contributed by atoms with E-state index >= 15 is 0 Å². The lowest BCUT2D eigenvalue weighted by Gasteiger charge is -2.32. The van der Waals surface area contributed by atoms with E-state index in [-0.39, 0.29) is 5.78 Å². The highest BCUT2D eigenvalue weighted by atomic mass is 32.1. The van der Waals surface area contributed by atoms with E-state index in [0.29, 0.717) is 11.1 Å². The van der Waals surface area contributed by atoms with E-state index in [9.17, 15) is 19.6 Å². The van der Waals surface area contributed by atoms with Gasteiger partial charge in [-0.25, -0.2) is 0 Å². The fourth-order valence-electron chi connectivity index (χ4n) is 3.84. The molecule has 8 heteroatoms. The summed E-state index contributed by atoms with van der Waals surface area (Å²) in [4.78, 5) is 38.4. The van der Waals surface area contributed by atoms with Gasteiger partial charge in [-0.3, -0.25) is 14.4 Å². The number of carbonyl (C=O) groups excluding carboxylic acids is 3. The van der Waals surface area contributed by atoms with Crippen LogP contribution in [-0.2, 0) is 19.1 Å². The van der Waals surface area contributed by atoms with Crippen molar-refractivity contribution in [1.82, 2.24) is 4.90 Å². The number of allylic oxidation sites excluding steroid dienone is 2. The van der Waals surface area contributed by atoms with Gasteiger partial charge < -0.3 is 15.4 Å². The standard InChI is InChI=1S/C18H17N3O4S/c1-10(22)11-3-4-13-18(9-19,17(24)25-2)14(12-5-6-26-8-12)15(16(20)23)21(13)7-11/h3-8,13-15H,1-2H3,(H2,20,23)/t13-,14-,15+,18+/m0/s1. The molecule has 3 rings (SSSR count). The van der Waals surface area contributed by atoms with E-state index in [0.717, 1.165) is 0 Å². The number of ether oxygens (including phenoxy) is 1. The first-order chi connectivity index (χ1) is 12.4. The van der Waals surface area contributed by atoms with Crippen molar-refractivity contribution >= 4 is 29.0 Å². The van der Waals surface area contributed by atoms with Gasteiger partial charge in [-0.2, -0.15) is 16.6 Å². The lowest BCUT2D eigenvalue weighted by molar-refractivity contribution is -0.150. The van der Waals surface area contributed by atoms with Gasteiger partial charge in [0.15, 0.2) is 11.2 Å². The molecule has 0 unspecified atom stereocenters. The van der Waals surface area contributed by atoms with Crippen LogP contribution in [0.1, 0.15) is 18.4 Å². The zero-order chi connectivity index (χ0) is 19.1. The number of methoxy groups -OCH3 is 1. The molecular weight excluding hydrogens is 354 g/mol. The first-order valence-electron chi connectivity index (χ1n) is 7.88. The largest absolute Gasteiger partial charge is 0.468 e. The van der Waals surface area contributed by atoms with Crippen LogP contribution in [0.2, 0.25) is 0 Å². The van der Waals surface area contributed by atoms with Gasteiger partial charge in [0, 0.05) is 17.7 Å². The van der Waals surface area contributed by atoms with Crippen molar-refractivity contribution in [1.29, 1.82) is 5.26 Å². The molecule has 0 spiro atoms. The van der Waals surface area contributed by atoms with Crippen LogP contribution in [-0.4, -0.2) is 41.8 Å². The predicted molar refractivity (Wildman–Crippen MR) is 93.6 cm³/mol. The predicted octanol–water partition coefficient (Wildman–Crippen LogP) is 1.10. The monoisotopic (exact) mass is 371 g/mol. The maximum atomic E-state index is 12.8. The number of Topliss-reactive ketones (excluding diaryl/α,β-unsaturated/α-hetero) is 1. The average molecular weight is 371 g/mol. The van der Waals surface area contributed by atoms with E-state index in [1.807, 2.05) is 0 Å². The van der Waals surface area contributed by atoms with Crippen molar-refractivity contribution in [2.45, 2.75) is 24.9 Å². The molecule has 7 nitrogen and oxygen atoms in total. The fourth-order valence-corrected chi connectivity index (χ4v) is 4.53. The summed E-state index contributed by atoms with van der Waals surface area (Å²) in [6, 6.07) is 2.13. The third-order valence-electron chi connectivity index (χ3n) is 4.97. The van der Waals surface area contributed by atoms with Crippen molar-refractivity contribution in [3.8, 4) is 6.07 Å². The number of nitrogens with two attached hydrogens (primary N) is 1. The average Bonchev–Trinajstić information content (AvgIpc) is 3.24. The number of nitrogens with zero attached hydrogens (tertiary/aromatic N) is 2. The minimum atomic E-state index is -1.66. The second-order valence-electron chi connectivity index (χ2n) is 6.25. The highest BCUT2D eigenvalue weighted by Gasteiger charge is 2.66. The first-order valence-corrected chi connectivity index (χ1v) is 8.82. The Labute approximate surface area is 154 Å². The Hall–Kier alpha value is -2.92. The molecular formula is C18H17N3O4S. The molecule has 26 heavy (non-hydrogen) atoms. The Morgan fingerprint density at radius 3 is 2.65 bits per heavy atom. The summed E-state index contributed by atoms with van der Waals surface area (Å²) in [6.45, 7) is 1.40. The number of hydrogen-bond acceptors (Lipinski definition) is 7. The zero-order valence-electron chi connectivity index (χ0n) is 14.2. The molecule has 2 N–H and O–H groups in total. The van der Waals surface area contributed by atoms with Gasteiger partial charge >= 0.3 is 5.97 Å². The van der Waals surface area contributed by atoms with Crippen molar-refractivity contribution in [3.63, 3.8) is 0 Å². The van der Waals surface area contributed by atoms with Crippen molar-refractivity contribution in [2.75, 3.05) is 7.11 Å². The van der Waals surface area contributed by atoms with Crippen LogP contribution in [0.3, 0.4) is 0 Å². The topological polar surface area (TPSA) is 113 Å². The number of primary amides is 1. The summed E-state index contributed by atoms with van der Waals surface area (Å²) in [7, 11) is 1.21. The maximum Gasteiger partial charge on any atom is 0.329 e. The molecule has 4 atom stereocenters. The lowest BCUT2D eigenvalue weighted by atomic mass is 9.69. The molecule has 2 aliphatic heterocycles. The Morgan fingerprint density at radius 2 is 2.15 bits per heavy atom. The Kier molecular flexibility index (Phi) is 4.42. The number of rotatable bonds is 4. The molecule has 0 radical (unpaired) electrons. The molecule has 1 saturated heterocycles. The number of esters is 1. The van der Waals surface area contributed by atoms with Gasteiger partial charge in [0.2, 0.25) is 5.91 Å². The molecule has 2 aliphatic rings. The third-order valence-corrected chi connectivity index (χ3v) is 5.67. The van der Waals surface area contributed by atoms with E-state index < -0.39 is 35.3 Å². The molecule has 0 aliphatic carbocycles. The highest BCUT2D eigenvalue weighted by molar-refractivity contribution is 7.08. The lowest BCUT2D eigenvalue weighted by Crippen LogP contribution is -2.45. The zero-order valence-corrected chi connectivity index (χ0v) is 15.0. The Balaban J connectivity index is 2.28. The summed E-state index contributed by atoms with van der Waals surface area (Å²) >= 11 is 1.39. The van der Waals surface area contributed by atoms with E-state index in [1.54, 1.807) is 33.9 Å². The minimum absolute atomic E-state index is 0.192. The summed E-state index contributed by atoms with van der Waals surface area (Å²) in [5.74, 6) is -2.43. The van der Waals surface area contributed by atoms with E-state index in [4.69, 9.17) is 10.5 Å². The molecule has 1 amide bonds. The second kappa shape index (κ2) is 6.42. The smallest absolute Gasteiger partial charge is 0.329 e. The third kappa shape index (κ3) is 2.35. The van der Waals surface area contributed by atoms with Crippen LogP contribution < -0.4 is 5.73 Å². The van der Waals surface area contributed by atoms with Gasteiger partial charge in [-0.1, -0.05) is 12.2 Å². The van der Waals surface area contributed by atoms with Crippen molar-refractivity contribution < 1.29 is 19.1 Å². The summed E-state index contributed by atoms with van der Waals surface area (Å²) < 4.78 is 4.95. The normalized spacial score (nSPS) is 29.5. The summed E-state index contributed by atoms with van der Waals surface area (Å²) in [5.41, 5.74) is 5.03. The number of hydrogen-bond donors (Lipinski definition) is 1. The van der Waals surface area contributed by atoms with Crippen LogP contribution in [0.15, 0.2) is 40.8 Å². The highest BCUT2D eigenvalue weighted by Crippen LogP contribution is 2.53. The second-order valence-corrected chi connectivity index (χ2v) is 7.03. The van der Waals surface area contributed by atoms with Gasteiger partial charge in [-0.15, -0.1) is 0 Å². The number of carbonyl (C=O) groups is 3. The molecule has 0 aromatic carbocycles. The molecule has 1 aromatic rings. The van der Waals surface area contributed by atoms with Crippen molar-refractivity contribution in [3.05, 3.63) is 46.3 Å². The SMILES string of the molecule is COC(=O)[C@]1(C#N)[C@@H]2C=CC(C(C)=O)=CN2[C@@H](C(N)=O)[C@@H]1c1ccsc1. The molecule has 0 bridgehead atoms. The molecule has 1 fully saturated rings.